The Labute approximate surface area is 120 Å². The molecule has 20 heavy (non-hydrogen) atoms. The molecule has 100 valence electrons. The molecule has 1 nitrogen and oxygen atoms in total. The average molecular weight is 261 g/mol. The van der Waals surface area contributed by atoms with Gasteiger partial charge in [0.2, 0.25) is 0 Å². The Morgan fingerprint density at radius 3 is 2.50 bits per heavy atom. The Morgan fingerprint density at radius 1 is 0.900 bits per heavy atom. The summed E-state index contributed by atoms with van der Waals surface area (Å²) in [6.07, 6.45) is 0. The first-order chi connectivity index (χ1) is 9.66. The van der Waals surface area contributed by atoms with Crippen molar-refractivity contribution in [2.45, 2.75) is 19.9 Å². The molecule has 0 amide bonds. The van der Waals surface area contributed by atoms with Crippen LogP contribution in [0.15, 0.2) is 60.7 Å². The van der Waals surface area contributed by atoms with Crippen molar-refractivity contribution in [1.82, 2.24) is 0 Å². The molecule has 0 spiro atoms. The van der Waals surface area contributed by atoms with Crippen molar-refractivity contribution in [2.24, 2.45) is 5.73 Å². The van der Waals surface area contributed by atoms with Crippen LogP contribution in [0.5, 0.6) is 0 Å². The van der Waals surface area contributed by atoms with Crippen LogP contribution in [0.25, 0.3) is 21.9 Å². The zero-order chi connectivity index (χ0) is 14.1. The van der Waals surface area contributed by atoms with Crippen LogP contribution in [-0.2, 0) is 0 Å². The molecule has 3 rings (SSSR count). The van der Waals surface area contributed by atoms with Crippen LogP contribution < -0.4 is 5.73 Å². The molecule has 1 heteroatoms. The minimum atomic E-state index is 0.0604. The maximum atomic E-state index is 6.01. The second-order valence-corrected chi connectivity index (χ2v) is 5.39. The number of hydrogen-bond acceptors (Lipinski definition) is 1. The minimum absolute atomic E-state index is 0.0604. The largest absolute Gasteiger partial charge is 0.324 e. The maximum Gasteiger partial charge on any atom is 0.0266 e. The van der Waals surface area contributed by atoms with Crippen LogP contribution in [0.3, 0.4) is 0 Å². The van der Waals surface area contributed by atoms with E-state index in [0.29, 0.717) is 0 Å². The Hall–Kier alpha value is -2.12. The standard InChI is InChI=1S/C19H19N/c1-13-10-11-15-6-3-4-9-18(15)19(13)17-8-5-7-16(12-17)14(2)20/h3-12,14H,20H2,1-2H3. The predicted octanol–water partition coefficient (Wildman–Crippen LogP) is 4.83. The van der Waals surface area contributed by atoms with Crippen LogP contribution in [0, 0.1) is 6.92 Å². The number of aryl methyl sites for hydroxylation is 1. The molecule has 3 aromatic rings. The topological polar surface area (TPSA) is 26.0 Å². The first-order valence-corrected chi connectivity index (χ1v) is 7.01. The first-order valence-electron chi connectivity index (χ1n) is 7.01. The van der Waals surface area contributed by atoms with Crippen LogP contribution in [0.2, 0.25) is 0 Å². The van der Waals surface area contributed by atoms with Crippen molar-refractivity contribution in [3.8, 4) is 11.1 Å². The smallest absolute Gasteiger partial charge is 0.0266 e. The number of fused-ring (bicyclic) bond motifs is 1. The molecular weight excluding hydrogens is 242 g/mol. The third kappa shape index (κ3) is 2.21. The molecule has 2 N–H and O–H groups in total. The SMILES string of the molecule is Cc1ccc2ccccc2c1-c1cccc(C(C)N)c1. The monoisotopic (exact) mass is 261 g/mol. The maximum absolute atomic E-state index is 6.01. The van der Waals surface area contributed by atoms with Gasteiger partial charge >= 0.3 is 0 Å². The molecule has 0 aliphatic carbocycles. The fraction of sp³-hybridized carbons (Fsp3) is 0.158. The molecule has 1 unspecified atom stereocenters. The van der Waals surface area contributed by atoms with Crippen molar-refractivity contribution in [2.75, 3.05) is 0 Å². The fourth-order valence-electron chi connectivity index (χ4n) is 2.74. The van der Waals surface area contributed by atoms with Gasteiger partial charge in [-0.25, -0.2) is 0 Å². The minimum Gasteiger partial charge on any atom is -0.324 e. The third-order valence-corrected chi connectivity index (χ3v) is 3.84. The van der Waals surface area contributed by atoms with E-state index in [1.54, 1.807) is 0 Å². The van der Waals surface area contributed by atoms with Gasteiger partial charge < -0.3 is 5.73 Å². The Bertz CT molecular complexity index is 757. The average Bonchev–Trinajstić information content (AvgIpc) is 2.47. The van der Waals surface area contributed by atoms with Gasteiger partial charge in [-0.05, 0) is 52.9 Å². The van der Waals surface area contributed by atoms with Crippen molar-refractivity contribution in [3.63, 3.8) is 0 Å². The highest BCUT2D eigenvalue weighted by Crippen LogP contribution is 2.32. The summed E-state index contributed by atoms with van der Waals surface area (Å²) in [5.74, 6) is 0. The van der Waals surface area contributed by atoms with E-state index in [9.17, 15) is 0 Å². The lowest BCUT2D eigenvalue weighted by Gasteiger charge is -2.13. The first kappa shape index (κ1) is 12.9. The summed E-state index contributed by atoms with van der Waals surface area (Å²) in [6.45, 7) is 4.19. The van der Waals surface area contributed by atoms with Crippen molar-refractivity contribution >= 4 is 10.8 Å². The van der Waals surface area contributed by atoms with Gasteiger partial charge in [0.15, 0.2) is 0 Å². The van der Waals surface area contributed by atoms with Crippen LogP contribution in [0.1, 0.15) is 24.1 Å². The number of benzene rings is 3. The number of hydrogen-bond donors (Lipinski definition) is 1. The summed E-state index contributed by atoms with van der Waals surface area (Å²) in [7, 11) is 0. The summed E-state index contributed by atoms with van der Waals surface area (Å²) in [5.41, 5.74) is 11.0. The quantitative estimate of drug-likeness (QED) is 0.702. The molecule has 0 aliphatic rings. The highest BCUT2D eigenvalue weighted by atomic mass is 14.6. The van der Waals surface area contributed by atoms with E-state index < -0.39 is 0 Å². The second-order valence-electron chi connectivity index (χ2n) is 5.39. The molecule has 1 atom stereocenters. The van der Waals surface area contributed by atoms with E-state index in [1.807, 2.05) is 6.92 Å². The van der Waals surface area contributed by atoms with E-state index in [1.165, 1.54) is 33.0 Å². The summed E-state index contributed by atoms with van der Waals surface area (Å²) in [4.78, 5) is 0. The van der Waals surface area contributed by atoms with Crippen molar-refractivity contribution < 1.29 is 0 Å². The van der Waals surface area contributed by atoms with Crippen LogP contribution in [-0.4, -0.2) is 0 Å². The van der Waals surface area contributed by atoms with Gasteiger partial charge in [-0.2, -0.15) is 0 Å². The predicted molar refractivity (Wildman–Crippen MR) is 86.7 cm³/mol. The molecule has 0 aliphatic heterocycles. The summed E-state index contributed by atoms with van der Waals surface area (Å²) >= 11 is 0. The second kappa shape index (κ2) is 5.10. The third-order valence-electron chi connectivity index (χ3n) is 3.84. The molecule has 0 aromatic heterocycles. The van der Waals surface area contributed by atoms with Gasteiger partial charge in [0.05, 0.1) is 0 Å². The molecule has 0 bridgehead atoms. The van der Waals surface area contributed by atoms with E-state index in [2.05, 4.69) is 67.6 Å². The van der Waals surface area contributed by atoms with Gasteiger partial charge in [-0.15, -0.1) is 0 Å². The normalized spacial score (nSPS) is 12.6. The van der Waals surface area contributed by atoms with Crippen LogP contribution in [0.4, 0.5) is 0 Å². The Morgan fingerprint density at radius 2 is 1.70 bits per heavy atom. The molecule has 0 radical (unpaired) electrons. The number of rotatable bonds is 2. The molecule has 0 heterocycles. The van der Waals surface area contributed by atoms with Crippen molar-refractivity contribution in [3.05, 3.63) is 71.8 Å². The lowest BCUT2D eigenvalue weighted by atomic mass is 9.92. The van der Waals surface area contributed by atoms with E-state index in [0.717, 1.165) is 0 Å². The summed E-state index contributed by atoms with van der Waals surface area (Å²) in [6, 6.07) is 21.5. The van der Waals surface area contributed by atoms with Gasteiger partial charge in [-0.3, -0.25) is 0 Å². The molecule has 0 saturated carbocycles. The van der Waals surface area contributed by atoms with E-state index >= 15 is 0 Å². The van der Waals surface area contributed by atoms with Crippen molar-refractivity contribution in [1.29, 1.82) is 0 Å². The van der Waals surface area contributed by atoms with Gasteiger partial charge in [0, 0.05) is 6.04 Å². The van der Waals surface area contributed by atoms with E-state index in [-0.39, 0.29) is 6.04 Å². The lowest BCUT2D eigenvalue weighted by molar-refractivity contribution is 0.819. The van der Waals surface area contributed by atoms with E-state index in [4.69, 9.17) is 5.73 Å². The zero-order valence-corrected chi connectivity index (χ0v) is 11.9. The van der Waals surface area contributed by atoms with Gasteiger partial charge in [0.1, 0.15) is 0 Å². The fourth-order valence-corrected chi connectivity index (χ4v) is 2.74. The molecule has 3 aromatic carbocycles. The molecule has 0 fully saturated rings. The summed E-state index contributed by atoms with van der Waals surface area (Å²) in [5, 5.41) is 2.58. The Kier molecular flexibility index (Phi) is 3.29. The van der Waals surface area contributed by atoms with Gasteiger partial charge in [-0.1, -0.05) is 54.6 Å². The number of nitrogens with two attached hydrogens (primary N) is 1. The zero-order valence-electron chi connectivity index (χ0n) is 11.9. The lowest BCUT2D eigenvalue weighted by Crippen LogP contribution is -2.04. The van der Waals surface area contributed by atoms with Gasteiger partial charge in [0.25, 0.3) is 0 Å². The van der Waals surface area contributed by atoms with Crippen LogP contribution >= 0.6 is 0 Å². The Balaban J connectivity index is 2.28. The highest BCUT2D eigenvalue weighted by Gasteiger charge is 2.08. The summed E-state index contributed by atoms with van der Waals surface area (Å²) < 4.78 is 0. The highest BCUT2D eigenvalue weighted by molar-refractivity contribution is 5.98. The molecular formula is C19H19N. The molecule has 0 saturated heterocycles.